The Kier molecular flexibility index (Phi) is 4.34. The molecule has 9 nitrogen and oxygen atoms in total. The average molecular weight is 339 g/mol. The predicted molar refractivity (Wildman–Crippen MR) is 80.9 cm³/mol. The van der Waals surface area contributed by atoms with E-state index in [0.29, 0.717) is 21.7 Å². The quantitative estimate of drug-likeness (QED) is 0.758. The Morgan fingerprint density at radius 3 is 3.18 bits per heavy atom. The van der Waals surface area contributed by atoms with E-state index < -0.39 is 0 Å². The van der Waals surface area contributed by atoms with E-state index in [1.165, 1.54) is 27.8 Å². The van der Waals surface area contributed by atoms with Gasteiger partial charge in [-0.3, -0.25) is 9.59 Å². The van der Waals surface area contributed by atoms with E-state index in [9.17, 15) is 9.59 Å². The number of hydrogen-bond acceptors (Lipinski definition) is 8. The summed E-state index contributed by atoms with van der Waals surface area (Å²) in [6.07, 6.45) is 1.59. The van der Waals surface area contributed by atoms with Gasteiger partial charge < -0.3 is 10.6 Å². The molecule has 0 aliphatic carbocycles. The van der Waals surface area contributed by atoms with E-state index in [1.807, 2.05) is 0 Å². The van der Waals surface area contributed by atoms with E-state index in [-0.39, 0.29) is 17.6 Å². The maximum absolute atomic E-state index is 11.9. The minimum atomic E-state index is -0.211. The average Bonchev–Trinajstić information content (AvgIpc) is 3.03. The second-order valence-corrected chi connectivity index (χ2v) is 6.52. The van der Waals surface area contributed by atoms with E-state index >= 15 is 0 Å². The molecule has 0 unspecified atom stereocenters. The molecule has 0 atom stereocenters. The van der Waals surface area contributed by atoms with Crippen molar-refractivity contribution < 1.29 is 9.59 Å². The monoisotopic (exact) mass is 339 g/mol. The van der Waals surface area contributed by atoms with E-state index in [2.05, 4.69) is 31.1 Å². The van der Waals surface area contributed by atoms with Gasteiger partial charge in [-0.25, -0.2) is 9.67 Å². The van der Waals surface area contributed by atoms with Gasteiger partial charge >= 0.3 is 0 Å². The minimum absolute atomic E-state index is 0.120. The van der Waals surface area contributed by atoms with Crippen molar-refractivity contribution in [3.05, 3.63) is 10.6 Å². The third-order valence-corrected chi connectivity index (χ3v) is 4.96. The lowest BCUT2D eigenvalue weighted by molar-refractivity contribution is -0.113. The molecule has 3 heterocycles. The van der Waals surface area contributed by atoms with Crippen LogP contribution < -0.4 is 10.6 Å². The van der Waals surface area contributed by atoms with Crippen LogP contribution in [0.25, 0.3) is 0 Å². The fourth-order valence-corrected chi connectivity index (χ4v) is 3.51. The van der Waals surface area contributed by atoms with Crippen molar-refractivity contribution in [1.29, 1.82) is 0 Å². The first-order valence-corrected chi connectivity index (χ1v) is 8.36. The lowest BCUT2D eigenvalue weighted by Gasteiger charge is -2.01. The molecule has 0 radical (unpaired) electrons. The van der Waals surface area contributed by atoms with Gasteiger partial charge in [-0.1, -0.05) is 23.1 Å². The summed E-state index contributed by atoms with van der Waals surface area (Å²) >= 11 is 2.43. The number of carbonyl (C=O) groups is 2. The SMILES string of the molecule is Cn1nnnc1SCC(=O)Nc1nc2c(s1)C(=O)NCCC2. The second kappa shape index (κ2) is 6.40. The molecule has 22 heavy (non-hydrogen) atoms. The van der Waals surface area contributed by atoms with E-state index in [0.717, 1.165) is 18.5 Å². The molecular formula is C11H13N7O2S2. The third-order valence-electron chi connectivity index (χ3n) is 2.94. The van der Waals surface area contributed by atoms with Crippen molar-refractivity contribution in [3.8, 4) is 0 Å². The number of fused-ring (bicyclic) bond motifs is 1. The molecule has 2 N–H and O–H groups in total. The summed E-state index contributed by atoms with van der Waals surface area (Å²) in [7, 11) is 1.71. The Bertz CT molecular complexity index is 711. The van der Waals surface area contributed by atoms with Gasteiger partial charge in [0.2, 0.25) is 11.1 Å². The highest BCUT2D eigenvalue weighted by Gasteiger charge is 2.21. The van der Waals surface area contributed by atoms with Crippen molar-refractivity contribution in [3.63, 3.8) is 0 Å². The van der Waals surface area contributed by atoms with Crippen molar-refractivity contribution in [1.82, 2.24) is 30.5 Å². The second-order valence-electron chi connectivity index (χ2n) is 4.58. The van der Waals surface area contributed by atoms with Gasteiger partial charge in [0.1, 0.15) is 4.88 Å². The largest absolute Gasteiger partial charge is 0.351 e. The van der Waals surface area contributed by atoms with Crippen LogP contribution in [0.4, 0.5) is 5.13 Å². The third kappa shape index (κ3) is 3.25. The minimum Gasteiger partial charge on any atom is -0.351 e. The molecule has 1 aliphatic rings. The summed E-state index contributed by atoms with van der Waals surface area (Å²) < 4.78 is 1.49. The molecule has 0 bridgehead atoms. The van der Waals surface area contributed by atoms with Crippen LogP contribution in [-0.2, 0) is 18.3 Å². The Hall–Kier alpha value is -2.01. The number of nitrogens with one attached hydrogen (secondary N) is 2. The number of hydrogen-bond donors (Lipinski definition) is 2. The first-order chi connectivity index (χ1) is 10.6. The maximum atomic E-state index is 11.9. The maximum Gasteiger partial charge on any atom is 0.263 e. The van der Waals surface area contributed by atoms with Crippen LogP contribution in [0.5, 0.6) is 0 Å². The zero-order valence-corrected chi connectivity index (χ0v) is 13.3. The van der Waals surface area contributed by atoms with Gasteiger partial charge in [0, 0.05) is 13.6 Å². The van der Waals surface area contributed by atoms with Crippen molar-refractivity contribution in [2.75, 3.05) is 17.6 Å². The fraction of sp³-hybridized carbons (Fsp3) is 0.455. The van der Waals surface area contributed by atoms with E-state index in [4.69, 9.17) is 0 Å². The van der Waals surface area contributed by atoms with Crippen molar-refractivity contribution in [2.45, 2.75) is 18.0 Å². The van der Waals surface area contributed by atoms with Gasteiger partial charge in [0.05, 0.1) is 11.4 Å². The number of thiazole rings is 1. The van der Waals surface area contributed by atoms with Crippen LogP contribution >= 0.6 is 23.1 Å². The molecule has 2 aromatic heterocycles. The summed E-state index contributed by atoms with van der Waals surface area (Å²) in [6, 6.07) is 0. The molecule has 11 heteroatoms. The molecule has 116 valence electrons. The number of anilines is 1. The standard InChI is InChI=1S/C11H13N7O2S2/c1-18-11(15-16-17-18)21-5-7(19)14-10-13-6-3-2-4-12-9(20)8(6)22-10/h2-5H2,1H3,(H,12,20)(H,13,14,19). The molecule has 2 amide bonds. The highest BCUT2D eigenvalue weighted by molar-refractivity contribution is 7.99. The highest BCUT2D eigenvalue weighted by Crippen LogP contribution is 2.25. The van der Waals surface area contributed by atoms with Crippen molar-refractivity contribution >= 4 is 40.0 Å². The first-order valence-electron chi connectivity index (χ1n) is 6.56. The van der Waals surface area contributed by atoms with Crippen LogP contribution in [0, 0.1) is 0 Å². The lowest BCUT2D eigenvalue weighted by atomic mass is 10.2. The summed E-state index contributed by atoms with van der Waals surface area (Å²) in [6.45, 7) is 0.659. The molecule has 0 spiro atoms. The predicted octanol–water partition coefficient (Wildman–Crippen LogP) is 0.0734. The number of aryl methyl sites for hydroxylation is 2. The van der Waals surface area contributed by atoms with Crippen LogP contribution in [0.3, 0.4) is 0 Å². The Morgan fingerprint density at radius 2 is 2.41 bits per heavy atom. The molecule has 3 rings (SSSR count). The Morgan fingerprint density at radius 1 is 1.55 bits per heavy atom. The van der Waals surface area contributed by atoms with Crippen LogP contribution in [-0.4, -0.2) is 49.3 Å². The van der Waals surface area contributed by atoms with Gasteiger partial charge in [0.15, 0.2) is 5.13 Å². The Balaban J connectivity index is 1.61. The first kappa shape index (κ1) is 14.9. The van der Waals surface area contributed by atoms with Crippen LogP contribution in [0.2, 0.25) is 0 Å². The number of carbonyl (C=O) groups excluding carboxylic acids is 2. The molecular weight excluding hydrogens is 326 g/mol. The smallest absolute Gasteiger partial charge is 0.263 e. The fourth-order valence-electron chi connectivity index (χ4n) is 1.92. The van der Waals surface area contributed by atoms with Gasteiger partial charge in [-0.15, -0.1) is 5.10 Å². The molecule has 0 aromatic carbocycles. The number of nitrogens with zero attached hydrogens (tertiary/aromatic N) is 5. The summed E-state index contributed by atoms with van der Waals surface area (Å²) in [5, 5.41) is 17.5. The van der Waals surface area contributed by atoms with Gasteiger partial charge in [-0.2, -0.15) is 0 Å². The normalized spacial score (nSPS) is 14.1. The van der Waals surface area contributed by atoms with Gasteiger partial charge in [0.25, 0.3) is 5.91 Å². The zero-order chi connectivity index (χ0) is 15.5. The zero-order valence-electron chi connectivity index (χ0n) is 11.7. The van der Waals surface area contributed by atoms with Crippen molar-refractivity contribution in [2.24, 2.45) is 7.05 Å². The molecule has 1 aliphatic heterocycles. The topological polar surface area (TPSA) is 115 Å². The van der Waals surface area contributed by atoms with Crippen LogP contribution in [0.15, 0.2) is 5.16 Å². The number of thioether (sulfide) groups is 1. The molecule has 0 saturated heterocycles. The Labute approximate surface area is 133 Å². The number of aromatic nitrogens is 5. The molecule has 0 fully saturated rings. The molecule has 2 aromatic rings. The number of amides is 2. The van der Waals surface area contributed by atoms with Crippen LogP contribution in [0.1, 0.15) is 21.8 Å². The number of rotatable bonds is 4. The number of tetrazole rings is 1. The molecule has 0 saturated carbocycles. The summed E-state index contributed by atoms with van der Waals surface area (Å²) in [5.74, 6) is -0.160. The summed E-state index contributed by atoms with van der Waals surface area (Å²) in [5.41, 5.74) is 0.750. The van der Waals surface area contributed by atoms with E-state index in [1.54, 1.807) is 7.05 Å². The lowest BCUT2D eigenvalue weighted by Crippen LogP contribution is -2.21. The highest BCUT2D eigenvalue weighted by atomic mass is 32.2. The van der Waals surface area contributed by atoms with Gasteiger partial charge in [-0.05, 0) is 23.3 Å². The summed E-state index contributed by atoms with van der Waals surface area (Å²) in [4.78, 5) is 28.7.